The maximum atomic E-state index is 12.1. The van der Waals surface area contributed by atoms with Gasteiger partial charge in [0.1, 0.15) is 0 Å². The number of hydrogen-bond acceptors (Lipinski definition) is 3. The molecule has 1 aromatic heterocycles. The molecule has 0 radical (unpaired) electrons. The lowest BCUT2D eigenvalue weighted by Gasteiger charge is -2.15. The minimum atomic E-state index is -0.731. The van der Waals surface area contributed by atoms with E-state index in [0.29, 0.717) is 11.4 Å². The number of aromatic nitrogens is 1. The van der Waals surface area contributed by atoms with Gasteiger partial charge in [-0.15, -0.1) is 0 Å². The summed E-state index contributed by atoms with van der Waals surface area (Å²) < 4.78 is 0. The molecule has 4 nitrogen and oxygen atoms in total. The lowest BCUT2D eigenvalue weighted by molar-refractivity contribution is -0.124. The summed E-state index contributed by atoms with van der Waals surface area (Å²) in [4.78, 5) is 16.0. The average Bonchev–Trinajstić information content (AvgIpc) is 2.53. The van der Waals surface area contributed by atoms with Crippen LogP contribution in [-0.2, 0) is 11.2 Å². The van der Waals surface area contributed by atoms with Crippen LogP contribution in [0.4, 0.5) is 0 Å². The van der Waals surface area contributed by atoms with E-state index in [2.05, 4.69) is 10.3 Å². The molecule has 5 heteroatoms. The number of nitrogens with one attached hydrogen (secondary N) is 1. The van der Waals surface area contributed by atoms with Crippen molar-refractivity contribution in [3.8, 4) is 0 Å². The zero-order valence-corrected chi connectivity index (χ0v) is 13.1. The Hall–Kier alpha value is -1.91. The molecule has 1 heterocycles. The van der Waals surface area contributed by atoms with Crippen LogP contribution in [0.25, 0.3) is 0 Å². The van der Waals surface area contributed by atoms with Gasteiger partial charge in [0.05, 0.1) is 6.10 Å². The number of amides is 1. The number of aliphatic hydroxyl groups excluding tert-OH is 1. The topological polar surface area (TPSA) is 62.2 Å². The third kappa shape index (κ3) is 4.83. The van der Waals surface area contributed by atoms with Crippen LogP contribution >= 0.6 is 11.6 Å². The van der Waals surface area contributed by atoms with Crippen LogP contribution in [0.1, 0.15) is 24.2 Å². The molecule has 2 atom stereocenters. The van der Waals surface area contributed by atoms with Gasteiger partial charge in [0.25, 0.3) is 0 Å². The Morgan fingerprint density at radius 2 is 2.05 bits per heavy atom. The van der Waals surface area contributed by atoms with E-state index in [9.17, 15) is 9.90 Å². The van der Waals surface area contributed by atoms with Crippen LogP contribution in [0.3, 0.4) is 0 Å². The maximum Gasteiger partial charge on any atom is 0.223 e. The molecule has 1 amide bonds. The molecule has 0 bridgehead atoms. The van der Waals surface area contributed by atoms with Gasteiger partial charge in [0, 0.05) is 29.9 Å². The fourth-order valence-corrected chi connectivity index (χ4v) is 2.40. The summed E-state index contributed by atoms with van der Waals surface area (Å²) in [6, 6.07) is 10.9. The van der Waals surface area contributed by atoms with Crippen molar-refractivity contribution in [2.24, 2.45) is 5.92 Å². The second-order valence-corrected chi connectivity index (χ2v) is 5.71. The monoisotopic (exact) mass is 318 g/mol. The predicted octanol–water partition coefficient (Wildman–Crippen LogP) is 2.76. The van der Waals surface area contributed by atoms with Gasteiger partial charge in [0.15, 0.2) is 0 Å². The van der Waals surface area contributed by atoms with Crippen LogP contribution in [0.2, 0.25) is 5.02 Å². The van der Waals surface area contributed by atoms with Gasteiger partial charge in [-0.05, 0) is 41.8 Å². The lowest BCUT2D eigenvalue weighted by atomic mass is 10.0. The summed E-state index contributed by atoms with van der Waals surface area (Å²) in [5.41, 5.74) is 1.75. The third-order valence-electron chi connectivity index (χ3n) is 3.44. The first-order valence-electron chi connectivity index (χ1n) is 7.16. The number of nitrogens with zero attached hydrogens (tertiary/aromatic N) is 1. The molecule has 0 aliphatic heterocycles. The number of hydrogen-bond donors (Lipinski definition) is 2. The highest BCUT2D eigenvalue weighted by molar-refractivity contribution is 6.30. The number of aliphatic hydroxyl groups is 1. The van der Waals surface area contributed by atoms with E-state index in [4.69, 9.17) is 11.6 Å². The number of pyridine rings is 1. The fraction of sp³-hybridized carbons (Fsp3) is 0.294. The number of rotatable bonds is 6. The van der Waals surface area contributed by atoms with Gasteiger partial charge in [-0.2, -0.15) is 0 Å². The number of carbonyl (C=O) groups excluding carboxylic acids is 1. The summed E-state index contributed by atoms with van der Waals surface area (Å²) in [6.07, 6.45) is 3.10. The van der Waals surface area contributed by atoms with Crippen molar-refractivity contribution in [3.63, 3.8) is 0 Å². The Morgan fingerprint density at radius 3 is 2.73 bits per heavy atom. The first-order chi connectivity index (χ1) is 10.6. The van der Waals surface area contributed by atoms with E-state index in [1.54, 1.807) is 30.6 Å². The molecule has 0 fully saturated rings. The zero-order valence-electron chi connectivity index (χ0n) is 12.4. The van der Waals surface area contributed by atoms with Crippen LogP contribution in [0.5, 0.6) is 0 Å². The molecule has 2 N–H and O–H groups in total. The Labute approximate surface area is 135 Å². The molecule has 2 aromatic rings. The van der Waals surface area contributed by atoms with E-state index in [1.807, 2.05) is 25.1 Å². The molecule has 0 spiro atoms. The molecule has 0 saturated carbocycles. The molecule has 116 valence electrons. The average molecular weight is 319 g/mol. The number of halogens is 1. The molecule has 0 saturated heterocycles. The number of carbonyl (C=O) groups is 1. The summed E-state index contributed by atoms with van der Waals surface area (Å²) in [6.45, 7) is 2.04. The first kappa shape index (κ1) is 16.5. The lowest BCUT2D eigenvalue weighted by Crippen LogP contribution is -2.33. The van der Waals surface area contributed by atoms with E-state index < -0.39 is 6.10 Å². The largest absolute Gasteiger partial charge is 0.387 e. The minimum absolute atomic E-state index is 0.0897. The Kier molecular flexibility index (Phi) is 5.92. The van der Waals surface area contributed by atoms with E-state index in [-0.39, 0.29) is 18.4 Å². The van der Waals surface area contributed by atoms with Gasteiger partial charge in [-0.3, -0.25) is 9.78 Å². The Bertz CT molecular complexity index is 619. The van der Waals surface area contributed by atoms with Crippen molar-refractivity contribution in [3.05, 3.63) is 64.9 Å². The van der Waals surface area contributed by atoms with E-state index >= 15 is 0 Å². The van der Waals surface area contributed by atoms with Crippen molar-refractivity contribution >= 4 is 17.5 Å². The SMILES string of the molecule is CC(Cc1cccc(Cl)c1)C(=O)NCC(O)c1ccncc1. The zero-order chi connectivity index (χ0) is 15.9. The van der Waals surface area contributed by atoms with Crippen molar-refractivity contribution in [2.75, 3.05) is 6.54 Å². The smallest absolute Gasteiger partial charge is 0.223 e. The fourth-order valence-electron chi connectivity index (χ4n) is 2.19. The van der Waals surface area contributed by atoms with Gasteiger partial charge in [0.2, 0.25) is 5.91 Å². The van der Waals surface area contributed by atoms with Crippen molar-refractivity contribution in [2.45, 2.75) is 19.4 Å². The highest BCUT2D eigenvalue weighted by Gasteiger charge is 2.15. The van der Waals surface area contributed by atoms with Crippen LogP contribution in [0, 0.1) is 5.92 Å². The van der Waals surface area contributed by atoms with Crippen LogP contribution in [-0.4, -0.2) is 22.5 Å². The normalized spacial score (nSPS) is 13.4. The molecule has 2 rings (SSSR count). The minimum Gasteiger partial charge on any atom is -0.387 e. The second-order valence-electron chi connectivity index (χ2n) is 5.28. The molecular formula is C17H19ClN2O2. The van der Waals surface area contributed by atoms with E-state index in [0.717, 1.165) is 11.1 Å². The van der Waals surface area contributed by atoms with Crippen LogP contribution in [0.15, 0.2) is 48.8 Å². The van der Waals surface area contributed by atoms with Crippen molar-refractivity contribution in [1.29, 1.82) is 0 Å². The summed E-state index contributed by atoms with van der Waals surface area (Å²) in [5.74, 6) is -0.281. The van der Waals surface area contributed by atoms with Gasteiger partial charge in [-0.1, -0.05) is 30.7 Å². The van der Waals surface area contributed by atoms with Gasteiger partial charge in [-0.25, -0.2) is 0 Å². The quantitative estimate of drug-likeness (QED) is 0.861. The van der Waals surface area contributed by atoms with E-state index in [1.165, 1.54) is 0 Å². The summed E-state index contributed by atoms with van der Waals surface area (Å²) in [7, 11) is 0. The predicted molar refractivity (Wildman–Crippen MR) is 86.5 cm³/mol. The summed E-state index contributed by atoms with van der Waals surface area (Å²) >= 11 is 5.94. The molecule has 0 aliphatic carbocycles. The molecular weight excluding hydrogens is 300 g/mol. The first-order valence-corrected chi connectivity index (χ1v) is 7.54. The highest BCUT2D eigenvalue weighted by atomic mass is 35.5. The van der Waals surface area contributed by atoms with Gasteiger partial charge >= 0.3 is 0 Å². The van der Waals surface area contributed by atoms with Gasteiger partial charge < -0.3 is 10.4 Å². The van der Waals surface area contributed by atoms with Crippen LogP contribution < -0.4 is 5.32 Å². The maximum absolute atomic E-state index is 12.1. The molecule has 1 aromatic carbocycles. The molecule has 2 unspecified atom stereocenters. The number of benzene rings is 1. The Balaban J connectivity index is 1.84. The standard InChI is InChI=1S/C17H19ClN2O2/c1-12(9-13-3-2-4-15(18)10-13)17(22)20-11-16(21)14-5-7-19-8-6-14/h2-8,10,12,16,21H,9,11H2,1H3,(H,20,22). The third-order valence-corrected chi connectivity index (χ3v) is 3.67. The van der Waals surface area contributed by atoms with Crippen molar-refractivity contribution < 1.29 is 9.90 Å². The van der Waals surface area contributed by atoms with Crippen molar-refractivity contribution in [1.82, 2.24) is 10.3 Å². The molecule has 22 heavy (non-hydrogen) atoms. The highest BCUT2D eigenvalue weighted by Crippen LogP contribution is 2.15. The summed E-state index contributed by atoms with van der Waals surface area (Å²) in [5, 5.41) is 13.5. The second kappa shape index (κ2) is 7.92. The molecule has 0 aliphatic rings. The Morgan fingerprint density at radius 1 is 1.32 bits per heavy atom.